The number of alkyl halides is 3. The lowest BCUT2D eigenvalue weighted by molar-refractivity contribution is -0.0988. The van der Waals surface area contributed by atoms with Gasteiger partial charge >= 0.3 is 6.18 Å². The number of benzene rings is 1. The fraction of sp³-hybridized carbons (Fsp3) is 0.125. The fourth-order valence-electron chi connectivity index (χ4n) is 0.748. The molecule has 0 atom stereocenters. The van der Waals surface area contributed by atoms with Gasteiger partial charge in [-0.05, 0) is 5.56 Å². The second kappa shape index (κ2) is 3.35. The van der Waals surface area contributed by atoms with E-state index in [0.29, 0.717) is 0 Å². The van der Waals surface area contributed by atoms with E-state index in [1.54, 1.807) is 6.07 Å². The lowest BCUT2D eigenvalue weighted by Gasteiger charge is -2.11. The average molecular weight is 194 g/mol. The Hall–Kier alpha value is -0.700. The zero-order valence-corrected chi connectivity index (χ0v) is 6.65. The molecule has 1 radical (unpaired) electrons. The zero-order valence-electron chi connectivity index (χ0n) is 5.90. The van der Waals surface area contributed by atoms with Crippen LogP contribution in [0.1, 0.15) is 5.56 Å². The minimum atomic E-state index is -4.46. The number of hydrogen-bond acceptors (Lipinski definition) is 0. The SMILES string of the molecule is FC(F)(F)[C](Cl)c1ccccc1. The molecule has 0 unspecified atom stereocenters. The van der Waals surface area contributed by atoms with Crippen LogP contribution in [0.5, 0.6) is 0 Å². The van der Waals surface area contributed by atoms with Crippen molar-refractivity contribution < 1.29 is 13.2 Å². The third-order valence-corrected chi connectivity index (χ3v) is 1.71. The Bertz CT molecular complexity index is 242. The maximum atomic E-state index is 12.0. The number of hydrogen-bond donors (Lipinski definition) is 0. The molecule has 0 amide bonds. The highest BCUT2D eigenvalue weighted by Gasteiger charge is 2.40. The van der Waals surface area contributed by atoms with Crippen molar-refractivity contribution in [2.24, 2.45) is 0 Å². The van der Waals surface area contributed by atoms with E-state index >= 15 is 0 Å². The smallest absolute Gasteiger partial charge is 0.169 e. The molecule has 0 aliphatic carbocycles. The molecule has 12 heavy (non-hydrogen) atoms. The van der Waals surface area contributed by atoms with Crippen molar-refractivity contribution in [3.63, 3.8) is 0 Å². The van der Waals surface area contributed by atoms with E-state index in [1.807, 2.05) is 0 Å². The summed E-state index contributed by atoms with van der Waals surface area (Å²) in [5.74, 6) is 0. The molecular formula is C8H5ClF3. The maximum Gasteiger partial charge on any atom is 0.414 e. The molecule has 0 saturated carbocycles. The molecule has 0 fully saturated rings. The van der Waals surface area contributed by atoms with E-state index in [-0.39, 0.29) is 5.56 Å². The molecule has 1 aromatic rings. The lowest BCUT2D eigenvalue weighted by Crippen LogP contribution is -2.16. The molecule has 0 heterocycles. The highest BCUT2D eigenvalue weighted by molar-refractivity contribution is 6.29. The van der Waals surface area contributed by atoms with E-state index in [1.165, 1.54) is 24.3 Å². The van der Waals surface area contributed by atoms with Crippen LogP contribution in [0, 0.1) is 5.38 Å². The molecule has 1 rings (SSSR count). The monoisotopic (exact) mass is 193 g/mol. The standard InChI is InChI=1S/C8H5ClF3/c9-7(8(10,11)12)6-4-2-1-3-5-6/h1-5H. The van der Waals surface area contributed by atoms with Crippen LogP contribution in [0.3, 0.4) is 0 Å². The Morgan fingerprint density at radius 2 is 1.58 bits per heavy atom. The molecule has 0 N–H and O–H groups in total. The highest BCUT2D eigenvalue weighted by atomic mass is 35.5. The first-order valence-corrected chi connectivity index (χ1v) is 3.54. The van der Waals surface area contributed by atoms with Gasteiger partial charge in [-0.3, -0.25) is 0 Å². The van der Waals surface area contributed by atoms with Gasteiger partial charge < -0.3 is 0 Å². The summed E-state index contributed by atoms with van der Waals surface area (Å²) in [6, 6.07) is 7.27. The summed E-state index contributed by atoms with van der Waals surface area (Å²) >= 11 is 5.07. The third kappa shape index (κ3) is 2.14. The Morgan fingerprint density at radius 1 is 1.08 bits per heavy atom. The quantitative estimate of drug-likeness (QED) is 0.642. The van der Waals surface area contributed by atoms with E-state index < -0.39 is 11.6 Å². The predicted molar refractivity (Wildman–Crippen MR) is 40.7 cm³/mol. The topological polar surface area (TPSA) is 0 Å². The van der Waals surface area contributed by atoms with E-state index in [0.717, 1.165) is 0 Å². The Labute approximate surface area is 73.0 Å². The van der Waals surface area contributed by atoms with Crippen molar-refractivity contribution in [1.29, 1.82) is 0 Å². The first kappa shape index (κ1) is 9.39. The van der Waals surface area contributed by atoms with E-state index in [9.17, 15) is 13.2 Å². The van der Waals surface area contributed by atoms with Gasteiger partial charge in [-0.1, -0.05) is 30.3 Å². The van der Waals surface area contributed by atoms with Crippen molar-refractivity contribution in [3.8, 4) is 0 Å². The lowest BCUT2D eigenvalue weighted by atomic mass is 10.1. The largest absolute Gasteiger partial charge is 0.414 e. The van der Waals surface area contributed by atoms with E-state index in [4.69, 9.17) is 11.6 Å². The van der Waals surface area contributed by atoms with Crippen LogP contribution in [0.15, 0.2) is 30.3 Å². The van der Waals surface area contributed by atoms with Crippen LogP contribution < -0.4 is 0 Å². The molecule has 0 aliphatic heterocycles. The van der Waals surface area contributed by atoms with Gasteiger partial charge in [0.25, 0.3) is 0 Å². The van der Waals surface area contributed by atoms with Crippen LogP contribution in [0.2, 0.25) is 0 Å². The van der Waals surface area contributed by atoms with Crippen LogP contribution in [0.4, 0.5) is 13.2 Å². The van der Waals surface area contributed by atoms with Crippen molar-refractivity contribution in [2.75, 3.05) is 0 Å². The molecule has 4 heteroatoms. The molecule has 65 valence electrons. The van der Waals surface area contributed by atoms with Crippen molar-refractivity contribution in [2.45, 2.75) is 6.18 Å². The molecule has 1 aromatic carbocycles. The summed E-state index contributed by atoms with van der Waals surface area (Å²) in [6.07, 6.45) is -4.46. The summed E-state index contributed by atoms with van der Waals surface area (Å²) < 4.78 is 35.9. The molecule has 0 spiro atoms. The van der Waals surface area contributed by atoms with Crippen LogP contribution >= 0.6 is 11.6 Å². The Kier molecular flexibility index (Phi) is 2.62. The van der Waals surface area contributed by atoms with Crippen LogP contribution in [-0.4, -0.2) is 6.18 Å². The van der Waals surface area contributed by atoms with Gasteiger partial charge in [0, 0.05) is 0 Å². The summed E-state index contributed by atoms with van der Waals surface area (Å²) in [6.45, 7) is 0. The van der Waals surface area contributed by atoms with E-state index in [2.05, 4.69) is 0 Å². The van der Waals surface area contributed by atoms with Crippen molar-refractivity contribution in [3.05, 3.63) is 41.3 Å². The zero-order chi connectivity index (χ0) is 9.19. The minimum Gasteiger partial charge on any atom is -0.169 e. The molecule has 0 bridgehead atoms. The van der Waals surface area contributed by atoms with Gasteiger partial charge in [0.05, 0.1) is 0 Å². The second-order valence-electron chi connectivity index (χ2n) is 2.18. The summed E-state index contributed by atoms with van der Waals surface area (Å²) in [4.78, 5) is 0. The predicted octanol–water partition coefficient (Wildman–Crippen LogP) is 3.37. The summed E-state index contributed by atoms with van der Waals surface area (Å²) in [5.41, 5.74) is -0.00772. The summed E-state index contributed by atoms with van der Waals surface area (Å²) in [5, 5.41) is -1.08. The molecular weight excluding hydrogens is 189 g/mol. The molecule has 0 saturated heterocycles. The van der Waals surface area contributed by atoms with Crippen LogP contribution in [0.25, 0.3) is 0 Å². The second-order valence-corrected chi connectivity index (χ2v) is 2.56. The fourth-order valence-corrected chi connectivity index (χ4v) is 0.874. The van der Waals surface area contributed by atoms with Gasteiger partial charge in [-0.25, -0.2) is 0 Å². The maximum absolute atomic E-state index is 12.0. The van der Waals surface area contributed by atoms with Gasteiger partial charge in [0.1, 0.15) is 0 Å². The van der Waals surface area contributed by atoms with Crippen molar-refractivity contribution >= 4 is 11.6 Å². The number of rotatable bonds is 1. The first-order chi connectivity index (χ1) is 5.52. The van der Waals surface area contributed by atoms with Gasteiger partial charge in [-0.2, -0.15) is 13.2 Å². The van der Waals surface area contributed by atoms with Gasteiger partial charge in [0.2, 0.25) is 0 Å². The molecule has 0 nitrogen and oxygen atoms in total. The Morgan fingerprint density at radius 3 is 2.00 bits per heavy atom. The molecule has 0 aliphatic rings. The Balaban J connectivity index is 2.86. The first-order valence-electron chi connectivity index (χ1n) is 3.17. The third-order valence-electron chi connectivity index (χ3n) is 1.28. The average Bonchev–Trinajstić information content (AvgIpc) is 2.03. The van der Waals surface area contributed by atoms with Crippen LogP contribution in [-0.2, 0) is 0 Å². The molecule has 0 aromatic heterocycles. The normalized spacial score (nSPS) is 12.1. The summed E-state index contributed by atoms with van der Waals surface area (Å²) in [7, 11) is 0. The minimum absolute atomic E-state index is 0.00772. The van der Waals surface area contributed by atoms with Gasteiger partial charge in [0.15, 0.2) is 5.38 Å². The number of halogens is 4. The highest BCUT2D eigenvalue weighted by Crippen LogP contribution is 2.36. The van der Waals surface area contributed by atoms with Crippen molar-refractivity contribution in [1.82, 2.24) is 0 Å². The van der Waals surface area contributed by atoms with Gasteiger partial charge in [-0.15, -0.1) is 11.6 Å².